The maximum Gasteiger partial charge on any atom is 0.295 e. The fraction of sp³-hybridized carbons (Fsp3) is 0.360. The second-order valence-electron chi connectivity index (χ2n) is 8.87. The summed E-state index contributed by atoms with van der Waals surface area (Å²) < 4.78 is 67.7. The van der Waals surface area contributed by atoms with Crippen LogP contribution in [0, 0.1) is 0 Å². The van der Waals surface area contributed by atoms with E-state index in [4.69, 9.17) is 0 Å². The summed E-state index contributed by atoms with van der Waals surface area (Å²) in [5, 5.41) is 0.549. The molecule has 0 aromatic heterocycles. The van der Waals surface area contributed by atoms with Crippen LogP contribution in [0.1, 0.15) is 52.5 Å². The minimum atomic E-state index is -4.75. The molecule has 0 aliphatic carbocycles. The van der Waals surface area contributed by atoms with Gasteiger partial charge in [-0.1, -0.05) is 64.0 Å². The van der Waals surface area contributed by atoms with Crippen LogP contribution in [0.4, 0.5) is 5.69 Å². The number of fused-ring (bicyclic) bond motifs is 3. The van der Waals surface area contributed by atoms with Gasteiger partial charge in [-0.05, 0) is 48.6 Å². The highest BCUT2D eigenvalue weighted by Gasteiger charge is 2.41. The van der Waals surface area contributed by atoms with Gasteiger partial charge in [0.2, 0.25) is 0 Å². The normalized spacial score (nSPS) is 17.5. The highest BCUT2D eigenvalue weighted by Crippen LogP contribution is 2.51. The first kappa shape index (κ1) is 26.2. The first-order chi connectivity index (χ1) is 15.8. The van der Waals surface area contributed by atoms with E-state index in [1.54, 1.807) is 6.07 Å². The second kappa shape index (κ2) is 9.65. The Morgan fingerprint density at radius 1 is 0.941 bits per heavy atom. The molecule has 0 fully saturated rings. The van der Waals surface area contributed by atoms with Crippen LogP contribution >= 0.6 is 0 Å². The van der Waals surface area contributed by atoms with Crippen molar-refractivity contribution in [1.82, 2.24) is 0 Å². The lowest BCUT2D eigenvalue weighted by atomic mass is 9.81. The summed E-state index contributed by atoms with van der Waals surface area (Å²) in [5.41, 5.74) is 1.95. The molecule has 3 rings (SSSR count). The molecule has 1 aliphatic heterocycles. The van der Waals surface area contributed by atoms with Crippen LogP contribution in [0.5, 0.6) is 0 Å². The van der Waals surface area contributed by atoms with Crippen LogP contribution in [0.25, 0.3) is 10.8 Å². The topological polar surface area (TPSA) is 112 Å². The van der Waals surface area contributed by atoms with Gasteiger partial charge in [0, 0.05) is 28.7 Å². The van der Waals surface area contributed by atoms with Gasteiger partial charge < -0.3 is 4.90 Å². The van der Waals surface area contributed by atoms with Crippen molar-refractivity contribution in [2.45, 2.75) is 62.2 Å². The van der Waals surface area contributed by atoms with Crippen molar-refractivity contribution in [2.75, 3.05) is 11.4 Å². The zero-order valence-corrected chi connectivity index (χ0v) is 21.4. The molecule has 2 aromatic carbocycles. The van der Waals surface area contributed by atoms with Gasteiger partial charge in [-0.2, -0.15) is 16.8 Å². The lowest BCUT2D eigenvalue weighted by Crippen LogP contribution is -2.27. The van der Waals surface area contributed by atoms with E-state index in [1.165, 1.54) is 6.07 Å². The summed E-state index contributed by atoms with van der Waals surface area (Å²) in [6.07, 6.45) is 12.7. The van der Waals surface area contributed by atoms with E-state index < -0.39 is 35.4 Å². The molecule has 0 saturated carbocycles. The van der Waals surface area contributed by atoms with Gasteiger partial charge in [-0.25, -0.2) is 0 Å². The maximum atomic E-state index is 12.1. The molecule has 0 unspecified atom stereocenters. The number of benzene rings is 2. The number of nitrogens with zero attached hydrogens (tertiary/aromatic N) is 1. The summed E-state index contributed by atoms with van der Waals surface area (Å²) in [6, 6.07) is 5.45. The average Bonchev–Trinajstić information content (AvgIpc) is 2.95. The SMILES string of the molecule is C/C=C/C=C/C=C1/N(CCCCC)c2ccc3c(S(=O)(=O)O)cc(S(=O)(=O)O)cc3c2C1(C)C. The molecule has 0 bridgehead atoms. The molecular formula is C25H31NO6S2. The molecule has 0 amide bonds. The molecule has 1 heterocycles. The number of hydrogen-bond donors (Lipinski definition) is 2. The Morgan fingerprint density at radius 3 is 2.24 bits per heavy atom. The Hall–Kier alpha value is -2.46. The molecule has 184 valence electrons. The molecule has 2 aromatic rings. The van der Waals surface area contributed by atoms with Crippen LogP contribution in [0.2, 0.25) is 0 Å². The fourth-order valence-corrected chi connectivity index (χ4v) is 5.92. The third-order valence-corrected chi connectivity index (χ3v) is 7.85. The number of allylic oxidation sites excluding steroid dienone is 6. The Bertz CT molecular complexity index is 1400. The van der Waals surface area contributed by atoms with Crippen molar-refractivity contribution in [1.29, 1.82) is 0 Å². The van der Waals surface area contributed by atoms with Crippen molar-refractivity contribution >= 4 is 36.7 Å². The molecule has 1 aliphatic rings. The van der Waals surface area contributed by atoms with E-state index in [-0.39, 0.29) is 5.39 Å². The van der Waals surface area contributed by atoms with Crippen molar-refractivity contribution < 1.29 is 25.9 Å². The monoisotopic (exact) mass is 505 g/mol. The van der Waals surface area contributed by atoms with Gasteiger partial charge in [0.05, 0.1) is 4.90 Å². The second-order valence-corrected chi connectivity index (χ2v) is 11.7. The van der Waals surface area contributed by atoms with Crippen molar-refractivity contribution in [3.05, 3.63) is 65.9 Å². The highest BCUT2D eigenvalue weighted by molar-refractivity contribution is 7.86. The van der Waals surface area contributed by atoms with E-state index >= 15 is 0 Å². The number of rotatable bonds is 8. The zero-order valence-electron chi connectivity index (χ0n) is 19.8. The third kappa shape index (κ3) is 4.98. The third-order valence-electron chi connectivity index (χ3n) is 6.13. The lowest BCUT2D eigenvalue weighted by Gasteiger charge is -2.27. The number of anilines is 1. The predicted octanol–water partition coefficient (Wildman–Crippen LogP) is 5.64. The van der Waals surface area contributed by atoms with E-state index in [9.17, 15) is 25.9 Å². The first-order valence-corrected chi connectivity index (χ1v) is 14.1. The van der Waals surface area contributed by atoms with E-state index in [1.807, 2.05) is 57.2 Å². The molecule has 0 spiro atoms. The summed E-state index contributed by atoms with van der Waals surface area (Å²) in [4.78, 5) is 1.04. The fourth-order valence-electron chi connectivity index (χ4n) is 4.58. The molecule has 0 atom stereocenters. The molecule has 7 nitrogen and oxygen atoms in total. The Kier molecular flexibility index (Phi) is 7.43. The van der Waals surface area contributed by atoms with Gasteiger partial charge in [0.1, 0.15) is 4.90 Å². The van der Waals surface area contributed by atoms with E-state index in [2.05, 4.69) is 11.8 Å². The number of hydrogen-bond acceptors (Lipinski definition) is 5. The molecule has 0 radical (unpaired) electrons. The van der Waals surface area contributed by atoms with Crippen molar-refractivity contribution in [3.63, 3.8) is 0 Å². The largest absolute Gasteiger partial charge is 0.344 e. The summed E-state index contributed by atoms with van der Waals surface area (Å²) >= 11 is 0. The molecular weight excluding hydrogens is 474 g/mol. The van der Waals surface area contributed by atoms with Gasteiger partial charge in [0.25, 0.3) is 20.2 Å². The Balaban J connectivity index is 2.39. The molecule has 2 N–H and O–H groups in total. The zero-order chi connectivity index (χ0) is 25.3. The van der Waals surface area contributed by atoms with E-state index in [0.717, 1.165) is 48.8 Å². The highest BCUT2D eigenvalue weighted by atomic mass is 32.2. The first-order valence-electron chi connectivity index (χ1n) is 11.2. The van der Waals surface area contributed by atoms with Crippen LogP contribution in [0.15, 0.2) is 70.1 Å². The quantitative estimate of drug-likeness (QED) is 0.271. The predicted molar refractivity (Wildman–Crippen MR) is 136 cm³/mol. The van der Waals surface area contributed by atoms with Crippen LogP contribution in [-0.4, -0.2) is 32.5 Å². The van der Waals surface area contributed by atoms with Gasteiger partial charge >= 0.3 is 0 Å². The van der Waals surface area contributed by atoms with Crippen LogP contribution in [0.3, 0.4) is 0 Å². The van der Waals surface area contributed by atoms with Gasteiger partial charge in [0.15, 0.2) is 0 Å². The maximum absolute atomic E-state index is 12.1. The summed E-state index contributed by atoms with van der Waals surface area (Å²) in [6.45, 7) is 8.78. The molecule has 9 heteroatoms. The average molecular weight is 506 g/mol. The van der Waals surface area contributed by atoms with E-state index in [0.29, 0.717) is 5.39 Å². The summed E-state index contributed by atoms with van der Waals surface area (Å²) in [7, 11) is -9.47. The van der Waals surface area contributed by atoms with Crippen LogP contribution in [-0.2, 0) is 25.7 Å². The minimum Gasteiger partial charge on any atom is -0.344 e. The standard InChI is InChI=1S/C25H31NO6S2/c1-5-7-9-10-12-23-25(3,4)24-20-16-18(33(27,28)29)17-22(34(30,31)32)19(20)13-14-21(24)26(23)15-11-8-6-2/h5,7,9-10,12-14,16-17H,6,8,11,15H2,1-4H3,(H,27,28,29)(H,30,31,32)/b7-5+,10-9+,23-12+. The summed E-state index contributed by atoms with van der Waals surface area (Å²) in [5.74, 6) is 0. The van der Waals surface area contributed by atoms with Gasteiger partial charge in [-0.15, -0.1) is 0 Å². The van der Waals surface area contributed by atoms with Crippen molar-refractivity contribution in [3.8, 4) is 0 Å². The smallest absolute Gasteiger partial charge is 0.295 e. The lowest BCUT2D eigenvalue weighted by molar-refractivity contribution is 0.482. The Labute approximate surface area is 202 Å². The minimum absolute atomic E-state index is 0.195. The van der Waals surface area contributed by atoms with Crippen LogP contribution < -0.4 is 4.90 Å². The Morgan fingerprint density at radius 2 is 1.65 bits per heavy atom. The molecule has 0 saturated heterocycles. The van der Waals surface area contributed by atoms with Crippen molar-refractivity contribution in [2.24, 2.45) is 0 Å². The number of unbranched alkanes of at least 4 members (excludes halogenated alkanes) is 2. The van der Waals surface area contributed by atoms with Gasteiger partial charge in [-0.3, -0.25) is 9.11 Å². The molecule has 34 heavy (non-hydrogen) atoms.